The zero-order valence-electron chi connectivity index (χ0n) is 9.49. The van der Waals surface area contributed by atoms with Crippen molar-refractivity contribution in [2.45, 2.75) is 12.4 Å². The summed E-state index contributed by atoms with van der Waals surface area (Å²) in [6, 6.07) is 2.59. The molecule has 0 atom stereocenters. The molecule has 0 fully saturated rings. The highest BCUT2D eigenvalue weighted by atomic mass is 79.9. The molecule has 0 aliphatic carbocycles. The van der Waals surface area contributed by atoms with Crippen molar-refractivity contribution < 1.29 is 26.3 Å². The van der Waals surface area contributed by atoms with Crippen molar-refractivity contribution in [3.63, 3.8) is 0 Å². The van der Waals surface area contributed by atoms with Crippen molar-refractivity contribution in [1.82, 2.24) is 0 Å². The molecule has 0 N–H and O–H groups in total. The van der Waals surface area contributed by atoms with Gasteiger partial charge in [0.1, 0.15) is 0 Å². The Balaban J connectivity index is 3.10. The Kier molecular flexibility index (Phi) is 5.48. The minimum atomic E-state index is -4.46. The minimum Gasteiger partial charge on any atom is -0.167 e. The number of benzene rings is 1. The predicted octanol–water partition coefficient (Wildman–Crippen LogP) is 6.36. The van der Waals surface area contributed by atoms with Crippen LogP contribution < -0.4 is 0 Å². The maximum absolute atomic E-state index is 12.1. The van der Waals surface area contributed by atoms with Gasteiger partial charge in [0.25, 0.3) is 0 Å². The van der Waals surface area contributed by atoms with Crippen LogP contribution in [0.2, 0.25) is 0 Å². The Morgan fingerprint density at radius 2 is 1.00 bits per heavy atom. The van der Waals surface area contributed by atoms with Crippen LogP contribution in [0, 0.1) is 0 Å². The molecule has 0 unspecified atom stereocenters. The van der Waals surface area contributed by atoms with Crippen LogP contribution in [0.25, 0.3) is 12.2 Å². The molecule has 1 rings (SSSR count). The van der Waals surface area contributed by atoms with Gasteiger partial charge in [-0.25, -0.2) is 0 Å². The van der Waals surface area contributed by atoms with E-state index in [1.807, 2.05) is 0 Å². The van der Waals surface area contributed by atoms with Crippen molar-refractivity contribution >= 4 is 44.0 Å². The molecular formula is C12H6Br2F6. The van der Waals surface area contributed by atoms with E-state index in [0.29, 0.717) is 0 Å². The third-order valence-electron chi connectivity index (χ3n) is 2.02. The number of allylic oxidation sites excluding steroid dienone is 2. The third-order valence-corrected chi connectivity index (χ3v) is 3.39. The Morgan fingerprint density at radius 3 is 1.25 bits per heavy atom. The summed E-state index contributed by atoms with van der Waals surface area (Å²) >= 11 is 6.03. The van der Waals surface area contributed by atoms with E-state index in [1.165, 1.54) is 12.1 Å². The molecule has 0 aliphatic heterocycles. The maximum Gasteiger partial charge on any atom is 0.409 e. The molecule has 110 valence electrons. The van der Waals surface area contributed by atoms with E-state index in [-0.39, 0.29) is 32.2 Å². The van der Waals surface area contributed by atoms with Gasteiger partial charge in [0.15, 0.2) is 0 Å². The van der Waals surface area contributed by atoms with Crippen molar-refractivity contribution in [2.24, 2.45) is 0 Å². The highest BCUT2D eigenvalue weighted by Crippen LogP contribution is 2.30. The van der Waals surface area contributed by atoms with Crippen LogP contribution in [0.5, 0.6) is 0 Å². The second kappa shape index (κ2) is 6.34. The number of halogens is 8. The monoisotopic (exact) mass is 422 g/mol. The first-order chi connectivity index (χ1) is 8.98. The quantitative estimate of drug-likeness (QED) is 0.485. The largest absolute Gasteiger partial charge is 0.409 e. The van der Waals surface area contributed by atoms with Crippen molar-refractivity contribution in [2.75, 3.05) is 0 Å². The van der Waals surface area contributed by atoms with Crippen LogP contribution in [0.15, 0.2) is 33.2 Å². The van der Waals surface area contributed by atoms with Gasteiger partial charge < -0.3 is 0 Å². The molecule has 0 amide bonds. The van der Waals surface area contributed by atoms with Gasteiger partial charge >= 0.3 is 12.4 Å². The van der Waals surface area contributed by atoms with Gasteiger partial charge in [-0.3, -0.25) is 0 Å². The SMILES string of the molecule is FC(F)(F)/C=C/c1cc(Br)c(/C=C/C(F)(F)F)cc1Br. The van der Waals surface area contributed by atoms with E-state index in [4.69, 9.17) is 0 Å². The normalized spacial score (nSPS) is 13.6. The lowest BCUT2D eigenvalue weighted by molar-refractivity contribution is -0.0800. The zero-order valence-corrected chi connectivity index (χ0v) is 12.7. The second-order valence-electron chi connectivity index (χ2n) is 3.65. The summed E-state index contributed by atoms with van der Waals surface area (Å²) in [5.41, 5.74) is 0.386. The van der Waals surface area contributed by atoms with E-state index < -0.39 is 12.4 Å². The summed E-state index contributed by atoms with van der Waals surface area (Å²) in [6.07, 6.45) is -7.17. The Labute approximate surface area is 127 Å². The molecule has 1 aromatic carbocycles. The predicted molar refractivity (Wildman–Crippen MR) is 72.0 cm³/mol. The van der Waals surface area contributed by atoms with Gasteiger partial charge in [-0.1, -0.05) is 31.9 Å². The Hall–Kier alpha value is -0.760. The van der Waals surface area contributed by atoms with Gasteiger partial charge in [-0.2, -0.15) is 26.3 Å². The summed E-state index contributed by atoms with van der Waals surface area (Å²) in [5.74, 6) is 0. The minimum absolute atomic E-state index is 0.0464. The topological polar surface area (TPSA) is 0 Å². The molecule has 0 radical (unpaired) electrons. The highest BCUT2D eigenvalue weighted by Gasteiger charge is 2.23. The molecule has 1 aromatic rings. The molecule has 0 saturated carbocycles. The fourth-order valence-corrected chi connectivity index (χ4v) is 2.19. The zero-order chi connectivity index (χ0) is 15.6. The molecule has 0 nitrogen and oxygen atoms in total. The first-order valence-electron chi connectivity index (χ1n) is 4.99. The van der Waals surface area contributed by atoms with Gasteiger partial charge in [-0.05, 0) is 35.4 Å². The van der Waals surface area contributed by atoms with Gasteiger partial charge in [0, 0.05) is 21.1 Å². The molecule has 20 heavy (non-hydrogen) atoms. The van der Waals surface area contributed by atoms with Gasteiger partial charge in [0.2, 0.25) is 0 Å². The fraction of sp³-hybridized carbons (Fsp3) is 0.167. The van der Waals surface area contributed by atoms with Crippen LogP contribution in [-0.2, 0) is 0 Å². The summed E-state index contributed by atoms with van der Waals surface area (Å²) < 4.78 is 72.8. The average Bonchev–Trinajstić information content (AvgIpc) is 2.25. The smallest absolute Gasteiger partial charge is 0.167 e. The van der Waals surface area contributed by atoms with Crippen LogP contribution in [0.3, 0.4) is 0 Å². The lowest BCUT2D eigenvalue weighted by Crippen LogP contribution is -2.00. The van der Waals surface area contributed by atoms with E-state index in [0.717, 1.165) is 12.2 Å². The number of alkyl halides is 6. The summed E-state index contributed by atoms with van der Waals surface area (Å²) in [4.78, 5) is 0. The van der Waals surface area contributed by atoms with Crippen LogP contribution >= 0.6 is 31.9 Å². The standard InChI is InChI=1S/C12H6Br2F6/c13-9-6-8(2-4-12(18,19)20)10(14)5-7(9)1-3-11(15,16)17/h1-6H/b3-1+,4-2+. The van der Waals surface area contributed by atoms with E-state index >= 15 is 0 Å². The van der Waals surface area contributed by atoms with Crippen LogP contribution in [0.4, 0.5) is 26.3 Å². The summed E-state index contributed by atoms with van der Waals surface area (Å²) in [6.45, 7) is 0. The molecule has 0 bridgehead atoms. The first-order valence-corrected chi connectivity index (χ1v) is 6.57. The van der Waals surface area contributed by atoms with Crippen molar-refractivity contribution in [3.8, 4) is 0 Å². The fourth-order valence-electron chi connectivity index (χ4n) is 1.20. The number of rotatable bonds is 2. The third kappa shape index (κ3) is 6.13. The van der Waals surface area contributed by atoms with Gasteiger partial charge in [-0.15, -0.1) is 0 Å². The first kappa shape index (κ1) is 17.3. The van der Waals surface area contributed by atoms with Crippen molar-refractivity contribution in [3.05, 3.63) is 44.4 Å². The Bertz CT molecular complexity index is 490. The van der Waals surface area contributed by atoms with Crippen LogP contribution in [-0.4, -0.2) is 12.4 Å². The summed E-state index contributed by atoms with van der Waals surface area (Å²) in [5, 5.41) is 0. The van der Waals surface area contributed by atoms with E-state index in [9.17, 15) is 26.3 Å². The number of hydrogen-bond acceptors (Lipinski definition) is 0. The maximum atomic E-state index is 12.1. The Morgan fingerprint density at radius 1 is 0.700 bits per heavy atom. The molecule has 0 aliphatic rings. The molecular weight excluding hydrogens is 418 g/mol. The average molecular weight is 424 g/mol. The van der Waals surface area contributed by atoms with E-state index in [1.54, 1.807) is 0 Å². The lowest BCUT2D eigenvalue weighted by Gasteiger charge is -2.06. The van der Waals surface area contributed by atoms with Crippen LogP contribution in [0.1, 0.15) is 11.1 Å². The highest BCUT2D eigenvalue weighted by molar-refractivity contribution is 9.11. The molecule has 8 heteroatoms. The molecule has 0 heterocycles. The lowest BCUT2D eigenvalue weighted by atomic mass is 10.1. The second-order valence-corrected chi connectivity index (χ2v) is 5.35. The molecule has 0 spiro atoms. The van der Waals surface area contributed by atoms with E-state index in [2.05, 4.69) is 31.9 Å². The van der Waals surface area contributed by atoms with Gasteiger partial charge in [0.05, 0.1) is 0 Å². The molecule has 0 aromatic heterocycles. The summed E-state index contributed by atoms with van der Waals surface area (Å²) in [7, 11) is 0. The molecule has 0 saturated heterocycles. The number of hydrogen-bond donors (Lipinski definition) is 0. The van der Waals surface area contributed by atoms with Crippen molar-refractivity contribution in [1.29, 1.82) is 0 Å².